The Bertz CT molecular complexity index is 890. The molecule has 0 saturated heterocycles. The highest BCUT2D eigenvalue weighted by Gasteiger charge is 2.34. The first-order valence-corrected chi connectivity index (χ1v) is 9.83. The molecule has 1 aliphatic carbocycles. The fourth-order valence-electron chi connectivity index (χ4n) is 4.26. The van der Waals surface area contributed by atoms with Crippen molar-refractivity contribution in [3.05, 3.63) is 28.8 Å². The molecule has 0 unspecified atom stereocenters. The fourth-order valence-corrected chi connectivity index (χ4v) is 4.26. The van der Waals surface area contributed by atoms with Gasteiger partial charge in [0, 0.05) is 23.8 Å². The lowest BCUT2D eigenvalue weighted by atomic mass is 9.90. The smallest absolute Gasteiger partial charge is 0.203 e. The first-order chi connectivity index (χ1) is 14.1. The number of ether oxygens (including phenoxy) is 5. The van der Waals surface area contributed by atoms with Crippen molar-refractivity contribution in [1.82, 2.24) is 0 Å². The van der Waals surface area contributed by atoms with E-state index < -0.39 is 0 Å². The molecular weight excluding hydrogens is 372 g/mol. The number of benzene rings is 2. The van der Waals surface area contributed by atoms with Crippen molar-refractivity contribution in [1.29, 1.82) is 0 Å². The van der Waals surface area contributed by atoms with Crippen LogP contribution in [-0.2, 0) is 17.6 Å². The van der Waals surface area contributed by atoms with Crippen LogP contribution in [-0.4, -0.2) is 40.7 Å². The average Bonchev–Trinajstić information content (AvgIpc) is 2.91. The Morgan fingerprint density at radius 3 is 2.14 bits per heavy atom. The molecular formula is C23H30O6. The molecule has 0 amide bonds. The summed E-state index contributed by atoms with van der Waals surface area (Å²) in [5.41, 5.74) is 4.24. The molecule has 0 aromatic heterocycles. The third-order valence-corrected chi connectivity index (χ3v) is 5.56. The molecule has 0 heterocycles. The number of aryl methyl sites for hydroxylation is 2. The van der Waals surface area contributed by atoms with Crippen LogP contribution < -0.4 is 18.9 Å². The lowest BCUT2D eigenvalue weighted by molar-refractivity contribution is 0.0946. The topological polar surface area (TPSA) is 66.4 Å². The van der Waals surface area contributed by atoms with Crippen molar-refractivity contribution in [3.8, 4) is 39.9 Å². The highest BCUT2D eigenvalue weighted by atomic mass is 16.5. The van der Waals surface area contributed by atoms with Gasteiger partial charge in [-0.3, -0.25) is 0 Å². The Kier molecular flexibility index (Phi) is 6.42. The molecule has 158 valence electrons. The fraction of sp³-hybridized carbons (Fsp3) is 0.478. The van der Waals surface area contributed by atoms with E-state index in [0.717, 1.165) is 47.1 Å². The monoisotopic (exact) mass is 402 g/mol. The highest BCUT2D eigenvalue weighted by molar-refractivity contribution is 5.88. The summed E-state index contributed by atoms with van der Waals surface area (Å²) < 4.78 is 28.6. The number of fused-ring (bicyclic) bond motifs is 3. The van der Waals surface area contributed by atoms with Crippen molar-refractivity contribution in [2.75, 3.05) is 35.5 Å². The molecule has 0 saturated carbocycles. The third-order valence-electron chi connectivity index (χ3n) is 5.56. The van der Waals surface area contributed by atoms with Gasteiger partial charge in [0.15, 0.2) is 11.5 Å². The Morgan fingerprint density at radius 1 is 0.897 bits per heavy atom. The first-order valence-electron chi connectivity index (χ1n) is 9.83. The number of aromatic hydroxyl groups is 1. The molecule has 0 spiro atoms. The maximum atomic E-state index is 11.2. The predicted molar refractivity (Wildman–Crippen MR) is 112 cm³/mol. The van der Waals surface area contributed by atoms with E-state index in [4.69, 9.17) is 23.7 Å². The third kappa shape index (κ3) is 3.46. The second kappa shape index (κ2) is 8.82. The summed E-state index contributed by atoms with van der Waals surface area (Å²) in [6.45, 7) is 2.08. The van der Waals surface area contributed by atoms with Gasteiger partial charge in [-0.2, -0.15) is 0 Å². The molecule has 2 aromatic rings. The van der Waals surface area contributed by atoms with Gasteiger partial charge in [-0.1, -0.05) is 13.3 Å². The van der Waals surface area contributed by atoms with E-state index in [2.05, 4.69) is 6.92 Å². The summed E-state index contributed by atoms with van der Waals surface area (Å²) in [6.07, 6.45) is 2.83. The second-order valence-electron chi connectivity index (χ2n) is 7.07. The zero-order valence-corrected chi connectivity index (χ0v) is 18.0. The second-order valence-corrected chi connectivity index (χ2v) is 7.07. The number of hydrogen-bond donors (Lipinski definition) is 1. The summed E-state index contributed by atoms with van der Waals surface area (Å²) in [5, 5.41) is 11.2. The Balaban J connectivity index is 2.46. The highest BCUT2D eigenvalue weighted by Crippen LogP contribution is 2.55. The summed E-state index contributed by atoms with van der Waals surface area (Å²) in [6, 6.07) is 3.88. The SMILES string of the molecule is CCCc1cc(OC)c2c(c1O)[C@@H](OC)CCc1cc(OC)c(OC)c(OC)c1-2. The van der Waals surface area contributed by atoms with Crippen molar-refractivity contribution < 1.29 is 28.8 Å². The quantitative estimate of drug-likeness (QED) is 0.725. The molecule has 6 nitrogen and oxygen atoms in total. The van der Waals surface area contributed by atoms with Crippen LogP contribution in [0.3, 0.4) is 0 Å². The van der Waals surface area contributed by atoms with Gasteiger partial charge in [0.25, 0.3) is 0 Å². The Labute approximate surface area is 172 Å². The lowest BCUT2D eigenvalue weighted by Crippen LogP contribution is -2.06. The van der Waals surface area contributed by atoms with Crippen LogP contribution in [0, 0.1) is 0 Å². The minimum Gasteiger partial charge on any atom is -0.507 e. The summed E-state index contributed by atoms with van der Waals surface area (Å²) >= 11 is 0. The van der Waals surface area contributed by atoms with Crippen LogP contribution in [0.15, 0.2) is 12.1 Å². The largest absolute Gasteiger partial charge is 0.507 e. The number of methoxy groups -OCH3 is 5. The van der Waals surface area contributed by atoms with Crippen molar-refractivity contribution in [2.45, 2.75) is 38.7 Å². The minimum absolute atomic E-state index is 0.263. The molecule has 29 heavy (non-hydrogen) atoms. The predicted octanol–water partition coefficient (Wildman–Crippen LogP) is 4.68. The number of phenolic OH excluding ortho intramolecular Hbond substituents is 1. The van der Waals surface area contributed by atoms with Gasteiger partial charge in [-0.15, -0.1) is 0 Å². The molecule has 0 fully saturated rings. The lowest BCUT2D eigenvalue weighted by Gasteiger charge is -2.24. The van der Waals surface area contributed by atoms with E-state index in [1.54, 1.807) is 35.5 Å². The standard InChI is InChI=1S/C23H30O6/c1-7-8-14-12-16(26-3)19-18-13(9-10-15(25-2)20(19)21(14)24)11-17(27-4)22(28-5)23(18)29-6/h11-12,15,24H,7-10H2,1-6H3/t15-/m0/s1. The first kappa shape index (κ1) is 21.1. The molecule has 0 radical (unpaired) electrons. The van der Waals surface area contributed by atoms with Crippen LogP contribution in [0.4, 0.5) is 0 Å². The van der Waals surface area contributed by atoms with Crippen molar-refractivity contribution >= 4 is 0 Å². The van der Waals surface area contributed by atoms with Gasteiger partial charge in [-0.05, 0) is 42.5 Å². The van der Waals surface area contributed by atoms with Gasteiger partial charge >= 0.3 is 0 Å². The molecule has 6 heteroatoms. The normalized spacial score (nSPS) is 15.2. The number of phenols is 1. The average molecular weight is 402 g/mol. The molecule has 0 bridgehead atoms. The molecule has 1 atom stereocenters. The summed E-state index contributed by atoms with van der Waals surface area (Å²) in [7, 11) is 8.11. The van der Waals surface area contributed by atoms with Crippen LogP contribution in [0.1, 0.15) is 42.6 Å². The van der Waals surface area contributed by atoms with E-state index >= 15 is 0 Å². The summed E-state index contributed by atoms with van der Waals surface area (Å²) in [4.78, 5) is 0. The molecule has 1 aliphatic rings. The van der Waals surface area contributed by atoms with Crippen molar-refractivity contribution in [2.24, 2.45) is 0 Å². The minimum atomic E-state index is -0.273. The van der Waals surface area contributed by atoms with E-state index in [-0.39, 0.29) is 11.9 Å². The molecule has 0 aliphatic heterocycles. The Hall–Kier alpha value is -2.60. The summed E-state index contributed by atoms with van der Waals surface area (Å²) in [5.74, 6) is 2.61. The van der Waals surface area contributed by atoms with Crippen LogP contribution in [0.2, 0.25) is 0 Å². The van der Waals surface area contributed by atoms with E-state index in [1.165, 1.54) is 0 Å². The van der Waals surface area contributed by atoms with Gasteiger partial charge in [0.05, 0.1) is 34.5 Å². The van der Waals surface area contributed by atoms with Crippen LogP contribution >= 0.6 is 0 Å². The van der Waals surface area contributed by atoms with Crippen LogP contribution in [0.5, 0.6) is 28.7 Å². The van der Waals surface area contributed by atoms with E-state index in [9.17, 15) is 5.11 Å². The van der Waals surface area contributed by atoms with E-state index in [1.807, 2.05) is 12.1 Å². The van der Waals surface area contributed by atoms with Gasteiger partial charge in [-0.25, -0.2) is 0 Å². The van der Waals surface area contributed by atoms with Gasteiger partial charge in [0.2, 0.25) is 5.75 Å². The van der Waals surface area contributed by atoms with Gasteiger partial charge in [0.1, 0.15) is 11.5 Å². The zero-order chi connectivity index (χ0) is 21.1. The maximum Gasteiger partial charge on any atom is 0.203 e. The number of rotatable bonds is 7. The maximum absolute atomic E-state index is 11.2. The van der Waals surface area contributed by atoms with Crippen molar-refractivity contribution in [3.63, 3.8) is 0 Å². The molecule has 1 N–H and O–H groups in total. The molecule has 2 aromatic carbocycles. The van der Waals surface area contributed by atoms with Gasteiger partial charge < -0.3 is 28.8 Å². The molecule has 3 rings (SSSR count). The van der Waals surface area contributed by atoms with E-state index in [0.29, 0.717) is 29.4 Å². The Morgan fingerprint density at radius 2 is 1.59 bits per heavy atom. The number of hydrogen-bond acceptors (Lipinski definition) is 6. The van der Waals surface area contributed by atoms with Crippen LogP contribution in [0.25, 0.3) is 11.1 Å². The zero-order valence-electron chi connectivity index (χ0n) is 18.0.